The number of carboxylic acids is 1. The van der Waals surface area contributed by atoms with Crippen molar-refractivity contribution in [3.8, 4) is 5.75 Å². The summed E-state index contributed by atoms with van der Waals surface area (Å²) in [6, 6.07) is 4.27. The molecule has 0 saturated carbocycles. The van der Waals surface area contributed by atoms with Gasteiger partial charge in [-0.05, 0) is 18.6 Å². The molecule has 0 fully saturated rings. The van der Waals surface area contributed by atoms with Gasteiger partial charge in [0, 0.05) is 6.42 Å². The van der Waals surface area contributed by atoms with Crippen LogP contribution in [0.25, 0.3) is 0 Å². The number of ketones is 1. The molecule has 0 atom stereocenters. The van der Waals surface area contributed by atoms with E-state index in [-0.39, 0.29) is 16.9 Å². The van der Waals surface area contributed by atoms with Gasteiger partial charge in [-0.2, -0.15) is 0 Å². The topological polar surface area (TPSA) is 74.6 Å². The molecule has 0 aromatic heterocycles. The van der Waals surface area contributed by atoms with Crippen LogP contribution in [-0.4, -0.2) is 22.0 Å². The smallest absolute Gasteiger partial charge is 0.339 e. The number of benzene rings is 1. The van der Waals surface area contributed by atoms with Crippen molar-refractivity contribution in [1.29, 1.82) is 0 Å². The SMILES string of the molecule is CCCCCCCCCCC(=O)c1cccc(C(=O)O)c1O. The Morgan fingerprint density at radius 3 is 2.05 bits per heavy atom. The van der Waals surface area contributed by atoms with Crippen LogP contribution in [0.3, 0.4) is 0 Å². The second kappa shape index (κ2) is 9.98. The van der Waals surface area contributed by atoms with E-state index in [0.717, 1.165) is 19.3 Å². The zero-order valence-corrected chi connectivity index (χ0v) is 13.3. The highest BCUT2D eigenvalue weighted by atomic mass is 16.4. The second-order valence-electron chi connectivity index (χ2n) is 5.65. The van der Waals surface area contributed by atoms with Crippen LogP contribution in [0.4, 0.5) is 0 Å². The van der Waals surface area contributed by atoms with Gasteiger partial charge in [-0.1, -0.05) is 57.9 Å². The summed E-state index contributed by atoms with van der Waals surface area (Å²) in [6.07, 6.45) is 9.53. The molecule has 2 N–H and O–H groups in total. The summed E-state index contributed by atoms with van der Waals surface area (Å²) >= 11 is 0. The van der Waals surface area contributed by atoms with Gasteiger partial charge in [-0.3, -0.25) is 4.79 Å². The van der Waals surface area contributed by atoms with E-state index in [1.165, 1.54) is 50.3 Å². The van der Waals surface area contributed by atoms with Crippen molar-refractivity contribution in [2.75, 3.05) is 0 Å². The highest BCUT2D eigenvalue weighted by Crippen LogP contribution is 2.24. The number of aromatic hydroxyl groups is 1. The van der Waals surface area contributed by atoms with Crippen LogP contribution in [0.5, 0.6) is 5.75 Å². The molecule has 0 bridgehead atoms. The Kier molecular flexibility index (Phi) is 8.26. The molecule has 0 unspecified atom stereocenters. The number of Topliss-reactive ketones (excluding diaryl/α,β-unsaturated/α-hetero) is 1. The van der Waals surface area contributed by atoms with Gasteiger partial charge in [0.2, 0.25) is 0 Å². The Balaban J connectivity index is 2.34. The van der Waals surface area contributed by atoms with E-state index < -0.39 is 11.7 Å². The number of rotatable bonds is 11. The monoisotopic (exact) mass is 306 g/mol. The van der Waals surface area contributed by atoms with Crippen molar-refractivity contribution >= 4 is 11.8 Å². The maximum atomic E-state index is 12.1. The van der Waals surface area contributed by atoms with Gasteiger partial charge in [-0.25, -0.2) is 4.79 Å². The number of unbranched alkanes of at least 4 members (excludes halogenated alkanes) is 7. The van der Waals surface area contributed by atoms with Crippen LogP contribution < -0.4 is 0 Å². The minimum absolute atomic E-state index is 0.114. The number of phenols is 1. The van der Waals surface area contributed by atoms with Gasteiger partial charge in [0.15, 0.2) is 5.78 Å². The summed E-state index contributed by atoms with van der Waals surface area (Å²) in [4.78, 5) is 23.0. The minimum Gasteiger partial charge on any atom is -0.506 e. The third-order valence-corrected chi connectivity index (χ3v) is 3.82. The highest BCUT2D eigenvalue weighted by Gasteiger charge is 2.17. The molecule has 22 heavy (non-hydrogen) atoms. The van der Waals surface area contributed by atoms with Crippen LogP contribution in [0.1, 0.15) is 85.4 Å². The molecule has 4 nitrogen and oxygen atoms in total. The average molecular weight is 306 g/mol. The summed E-state index contributed by atoms with van der Waals surface area (Å²) < 4.78 is 0. The van der Waals surface area contributed by atoms with Crippen molar-refractivity contribution < 1.29 is 19.8 Å². The first-order chi connectivity index (χ1) is 10.6. The second-order valence-corrected chi connectivity index (χ2v) is 5.65. The Labute approximate surface area is 132 Å². The lowest BCUT2D eigenvalue weighted by Gasteiger charge is -2.06. The molecule has 0 spiro atoms. The van der Waals surface area contributed by atoms with Crippen LogP contribution in [0.15, 0.2) is 18.2 Å². The normalized spacial score (nSPS) is 10.6. The summed E-state index contributed by atoms with van der Waals surface area (Å²) in [6.45, 7) is 2.19. The fourth-order valence-electron chi connectivity index (χ4n) is 2.50. The summed E-state index contributed by atoms with van der Waals surface area (Å²) in [7, 11) is 0. The number of hydrogen-bond acceptors (Lipinski definition) is 3. The highest BCUT2D eigenvalue weighted by molar-refractivity contribution is 6.02. The van der Waals surface area contributed by atoms with E-state index in [4.69, 9.17) is 5.11 Å². The Morgan fingerprint density at radius 2 is 1.45 bits per heavy atom. The van der Waals surface area contributed by atoms with E-state index >= 15 is 0 Å². The van der Waals surface area contributed by atoms with Gasteiger partial charge in [0.1, 0.15) is 11.3 Å². The quantitative estimate of drug-likeness (QED) is 0.454. The third-order valence-electron chi connectivity index (χ3n) is 3.82. The Morgan fingerprint density at radius 1 is 0.909 bits per heavy atom. The fraction of sp³-hybridized carbons (Fsp3) is 0.556. The van der Waals surface area contributed by atoms with Gasteiger partial charge in [0.25, 0.3) is 0 Å². The van der Waals surface area contributed by atoms with Crippen molar-refractivity contribution in [3.05, 3.63) is 29.3 Å². The molecule has 4 heteroatoms. The largest absolute Gasteiger partial charge is 0.506 e. The van der Waals surface area contributed by atoms with E-state index in [1.54, 1.807) is 0 Å². The van der Waals surface area contributed by atoms with E-state index in [0.29, 0.717) is 6.42 Å². The maximum absolute atomic E-state index is 12.1. The van der Waals surface area contributed by atoms with E-state index in [1.807, 2.05) is 0 Å². The predicted molar refractivity (Wildman–Crippen MR) is 86.6 cm³/mol. The molecule has 0 radical (unpaired) electrons. The zero-order chi connectivity index (χ0) is 16.4. The van der Waals surface area contributed by atoms with Crippen molar-refractivity contribution in [1.82, 2.24) is 0 Å². The Bertz CT molecular complexity index is 494. The first kappa shape index (κ1) is 18.2. The number of aromatic carboxylic acids is 1. The molecule has 1 aromatic carbocycles. The Hall–Kier alpha value is -1.84. The van der Waals surface area contributed by atoms with Crippen molar-refractivity contribution in [2.24, 2.45) is 0 Å². The molecule has 1 aromatic rings. The van der Waals surface area contributed by atoms with Crippen LogP contribution in [0, 0.1) is 0 Å². The average Bonchev–Trinajstić information content (AvgIpc) is 2.49. The molecule has 0 heterocycles. The summed E-state index contributed by atoms with van der Waals surface area (Å²) in [5.74, 6) is -1.83. The number of carbonyl (C=O) groups is 2. The molecule has 122 valence electrons. The van der Waals surface area contributed by atoms with Gasteiger partial charge < -0.3 is 10.2 Å². The zero-order valence-electron chi connectivity index (χ0n) is 13.3. The molecule has 0 aliphatic heterocycles. The molecular formula is C18H26O4. The third kappa shape index (κ3) is 5.88. The molecule has 0 amide bonds. The minimum atomic E-state index is -1.22. The maximum Gasteiger partial charge on any atom is 0.339 e. The number of carboxylic acid groups (broad SMARTS) is 1. The fourth-order valence-corrected chi connectivity index (χ4v) is 2.50. The van der Waals surface area contributed by atoms with Crippen LogP contribution in [0.2, 0.25) is 0 Å². The standard InChI is InChI=1S/C18H26O4/c1-2-3-4-5-6-7-8-9-13-16(19)14-11-10-12-15(17(14)20)18(21)22/h10-12,20H,2-9,13H2,1H3,(H,21,22). The lowest BCUT2D eigenvalue weighted by Crippen LogP contribution is -2.04. The predicted octanol–water partition coefficient (Wildman–Crippen LogP) is 4.80. The molecule has 1 rings (SSSR count). The number of para-hydroxylation sites is 1. The van der Waals surface area contributed by atoms with Crippen molar-refractivity contribution in [3.63, 3.8) is 0 Å². The first-order valence-corrected chi connectivity index (χ1v) is 8.16. The molecule has 0 aliphatic carbocycles. The number of hydrogen-bond donors (Lipinski definition) is 2. The van der Waals surface area contributed by atoms with Crippen molar-refractivity contribution in [2.45, 2.75) is 64.7 Å². The number of carbonyl (C=O) groups excluding carboxylic acids is 1. The molecule has 0 saturated heterocycles. The first-order valence-electron chi connectivity index (χ1n) is 8.16. The van der Waals surface area contributed by atoms with Gasteiger partial charge in [-0.15, -0.1) is 0 Å². The van der Waals surface area contributed by atoms with E-state index in [9.17, 15) is 14.7 Å². The summed E-state index contributed by atoms with van der Waals surface area (Å²) in [5.41, 5.74) is -0.107. The lowest BCUT2D eigenvalue weighted by molar-refractivity contribution is 0.0693. The van der Waals surface area contributed by atoms with E-state index in [2.05, 4.69) is 6.92 Å². The molecular weight excluding hydrogens is 280 g/mol. The van der Waals surface area contributed by atoms with Crippen LogP contribution >= 0.6 is 0 Å². The molecule has 0 aliphatic rings. The lowest BCUT2D eigenvalue weighted by atomic mass is 10.00. The van der Waals surface area contributed by atoms with Gasteiger partial charge in [0.05, 0.1) is 5.56 Å². The van der Waals surface area contributed by atoms with Gasteiger partial charge >= 0.3 is 5.97 Å². The summed E-state index contributed by atoms with van der Waals surface area (Å²) in [5, 5.41) is 18.8. The van der Waals surface area contributed by atoms with Crippen LogP contribution in [-0.2, 0) is 0 Å².